The summed E-state index contributed by atoms with van der Waals surface area (Å²) < 4.78 is 6.50. The van der Waals surface area contributed by atoms with Crippen molar-refractivity contribution >= 4 is 11.6 Å². The number of carbonyl (C=O) groups is 1. The number of piperidine rings is 1. The molecule has 1 aliphatic rings. The molecule has 1 amide bonds. The second kappa shape index (κ2) is 8.03. The van der Waals surface area contributed by atoms with Gasteiger partial charge in [-0.1, -0.05) is 12.1 Å². The summed E-state index contributed by atoms with van der Waals surface area (Å²) in [4.78, 5) is 26.4. The predicted octanol–water partition coefficient (Wildman–Crippen LogP) is 1.32. The highest BCUT2D eigenvalue weighted by molar-refractivity contribution is 5.79. The Labute approximate surface area is 152 Å². The largest absolute Gasteiger partial charge is 0.497 e. The number of nitrogens with one attached hydrogen (secondary N) is 1. The maximum absolute atomic E-state index is 12.6. The highest BCUT2D eigenvalue weighted by Crippen LogP contribution is 2.22. The van der Waals surface area contributed by atoms with E-state index in [0.29, 0.717) is 13.1 Å². The molecule has 2 heterocycles. The maximum Gasteiger partial charge on any atom is 0.268 e. The summed E-state index contributed by atoms with van der Waals surface area (Å²) in [5.74, 6) is 0.714. The lowest BCUT2D eigenvalue weighted by Gasteiger charge is -2.33. The van der Waals surface area contributed by atoms with Crippen molar-refractivity contribution in [1.82, 2.24) is 15.1 Å². The zero-order valence-electron chi connectivity index (χ0n) is 15.1. The van der Waals surface area contributed by atoms with Crippen LogP contribution >= 0.6 is 0 Å². The van der Waals surface area contributed by atoms with Gasteiger partial charge in [0, 0.05) is 32.7 Å². The van der Waals surface area contributed by atoms with Gasteiger partial charge in [-0.2, -0.15) is 5.10 Å². The van der Waals surface area contributed by atoms with Gasteiger partial charge in [0.2, 0.25) is 5.91 Å². The smallest absolute Gasteiger partial charge is 0.268 e. The Morgan fingerprint density at radius 3 is 3.00 bits per heavy atom. The molecular formula is C19H24N4O3. The Morgan fingerprint density at radius 1 is 1.38 bits per heavy atom. The molecule has 0 radical (unpaired) electrons. The van der Waals surface area contributed by atoms with Gasteiger partial charge in [0.1, 0.15) is 5.75 Å². The van der Waals surface area contributed by atoms with Gasteiger partial charge in [-0.25, -0.2) is 4.68 Å². The zero-order chi connectivity index (χ0) is 18.5. The number of hydrogen-bond donors (Lipinski definition) is 1. The topological polar surface area (TPSA) is 76.5 Å². The standard InChI is InChI=1S/C19H24N4O3/c1-22-18(24)10-16(12-21-22)23-8-4-6-15(13-23)19(25)20-11-14-5-3-7-17(9-14)26-2/h3,5,7,9-10,12,15H,4,6,8,11,13H2,1-2H3,(H,20,25)/t15-/m0/s1. The molecule has 1 saturated heterocycles. The third-order valence-electron chi connectivity index (χ3n) is 4.71. The summed E-state index contributed by atoms with van der Waals surface area (Å²) in [5, 5.41) is 7.08. The first-order chi connectivity index (χ1) is 12.6. The molecule has 0 unspecified atom stereocenters. The Hall–Kier alpha value is -2.83. The molecule has 3 rings (SSSR count). The van der Waals surface area contributed by atoms with E-state index in [1.807, 2.05) is 24.3 Å². The lowest BCUT2D eigenvalue weighted by Crippen LogP contribution is -2.43. The molecule has 0 spiro atoms. The van der Waals surface area contributed by atoms with Crippen molar-refractivity contribution in [1.29, 1.82) is 0 Å². The van der Waals surface area contributed by atoms with Crippen LogP contribution in [0, 0.1) is 5.92 Å². The van der Waals surface area contributed by atoms with Crippen molar-refractivity contribution in [3.8, 4) is 5.75 Å². The van der Waals surface area contributed by atoms with E-state index < -0.39 is 0 Å². The van der Waals surface area contributed by atoms with Gasteiger partial charge in [0.25, 0.3) is 5.56 Å². The van der Waals surface area contributed by atoms with Gasteiger partial charge in [-0.3, -0.25) is 9.59 Å². The van der Waals surface area contributed by atoms with E-state index in [0.717, 1.165) is 36.4 Å². The fourth-order valence-corrected chi connectivity index (χ4v) is 3.17. The molecule has 1 N–H and O–H groups in total. The molecule has 2 aromatic rings. The molecule has 7 heteroatoms. The minimum absolute atomic E-state index is 0.0364. The molecule has 1 atom stereocenters. The number of rotatable bonds is 5. The predicted molar refractivity (Wildman–Crippen MR) is 99.3 cm³/mol. The van der Waals surface area contributed by atoms with Gasteiger partial charge in [0.15, 0.2) is 0 Å². The maximum atomic E-state index is 12.6. The van der Waals surface area contributed by atoms with E-state index in [1.54, 1.807) is 26.4 Å². The Morgan fingerprint density at radius 2 is 2.23 bits per heavy atom. The lowest BCUT2D eigenvalue weighted by molar-refractivity contribution is -0.125. The van der Waals surface area contributed by atoms with Crippen LogP contribution in [0.5, 0.6) is 5.75 Å². The number of amides is 1. The van der Waals surface area contributed by atoms with Crippen molar-refractivity contribution < 1.29 is 9.53 Å². The summed E-state index contributed by atoms with van der Waals surface area (Å²) in [6.07, 6.45) is 3.43. The molecule has 0 bridgehead atoms. The molecule has 138 valence electrons. The van der Waals surface area contributed by atoms with Crippen LogP contribution in [-0.2, 0) is 18.4 Å². The van der Waals surface area contributed by atoms with Crippen LogP contribution in [0.3, 0.4) is 0 Å². The van der Waals surface area contributed by atoms with E-state index >= 15 is 0 Å². The normalized spacial score (nSPS) is 17.0. The van der Waals surface area contributed by atoms with Crippen molar-refractivity contribution in [2.24, 2.45) is 13.0 Å². The fourth-order valence-electron chi connectivity index (χ4n) is 3.17. The average molecular weight is 356 g/mol. The van der Waals surface area contributed by atoms with Crippen LogP contribution in [0.25, 0.3) is 0 Å². The summed E-state index contributed by atoms with van der Waals surface area (Å²) in [6.45, 7) is 1.90. The minimum Gasteiger partial charge on any atom is -0.497 e. The average Bonchev–Trinajstić information content (AvgIpc) is 2.68. The van der Waals surface area contributed by atoms with E-state index in [1.165, 1.54) is 4.68 Å². The van der Waals surface area contributed by atoms with Crippen LogP contribution in [0.2, 0.25) is 0 Å². The number of carbonyl (C=O) groups excluding carboxylic acids is 1. The number of anilines is 1. The van der Waals surface area contributed by atoms with Crippen LogP contribution in [0.4, 0.5) is 5.69 Å². The summed E-state index contributed by atoms with van der Waals surface area (Å²) in [5.41, 5.74) is 1.63. The minimum atomic E-state index is -0.146. The van der Waals surface area contributed by atoms with E-state index in [2.05, 4.69) is 15.3 Å². The second-order valence-electron chi connectivity index (χ2n) is 6.53. The second-order valence-corrected chi connectivity index (χ2v) is 6.53. The monoisotopic (exact) mass is 356 g/mol. The van der Waals surface area contributed by atoms with Crippen LogP contribution < -0.4 is 20.5 Å². The number of aromatic nitrogens is 2. The van der Waals surface area contributed by atoms with Crippen LogP contribution in [0.15, 0.2) is 41.3 Å². The first-order valence-electron chi connectivity index (χ1n) is 8.76. The van der Waals surface area contributed by atoms with Gasteiger partial charge >= 0.3 is 0 Å². The quantitative estimate of drug-likeness (QED) is 0.874. The van der Waals surface area contributed by atoms with Crippen molar-refractivity contribution in [2.45, 2.75) is 19.4 Å². The molecule has 1 aromatic heterocycles. The van der Waals surface area contributed by atoms with Gasteiger partial charge in [0.05, 0.1) is 24.9 Å². The highest BCUT2D eigenvalue weighted by Gasteiger charge is 2.26. The number of benzene rings is 1. The third-order valence-corrected chi connectivity index (χ3v) is 4.71. The Kier molecular flexibility index (Phi) is 5.55. The molecular weight excluding hydrogens is 332 g/mol. The highest BCUT2D eigenvalue weighted by atomic mass is 16.5. The summed E-state index contributed by atoms with van der Waals surface area (Å²) >= 11 is 0. The van der Waals surface area contributed by atoms with E-state index in [9.17, 15) is 9.59 Å². The number of aryl methyl sites for hydroxylation is 1. The Bertz CT molecular complexity index is 834. The lowest BCUT2D eigenvalue weighted by atomic mass is 9.96. The summed E-state index contributed by atoms with van der Waals surface area (Å²) in [7, 11) is 3.25. The van der Waals surface area contributed by atoms with Gasteiger partial charge in [-0.15, -0.1) is 0 Å². The van der Waals surface area contributed by atoms with Crippen molar-refractivity contribution in [3.63, 3.8) is 0 Å². The molecule has 1 aromatic carbocycles. The first kappa shape index (κ1) is 18.0. The molecule has 0 aliphatic carbocycles. The van der Waals surface area contributed by atoms with Crippen molar-refractivity contribution in [3.05, 3.63) is 52.4 Å². The third kappa shape index (κ3) is 4.22. The van der Waals surface area contributed by atoms with Crippen molar-refractivity contribution in [2.75, 3.05) is 25.1 Å². The number of hydrogen-bond acceptors (Lipinski definition) is 5. The SMILES string of the molecule is COc1cccc(CNC(=O)[C@H]2CCCN(c3cnn(C)c(=O)c3)C2)c1. The Balaban J connectivity index is 1.60. The van der Waals surface area contributed by atoms with Gasteiger partial charge in [-0.05, 0) is 30.5 Å². The molecule has 1 fully saturated rings. The molecule has 1 aliphatic heterocycles. The summed E-state index contributed by atoms with van der Waals surface area (Å²) in [6, 6.07) is 9.23. The molecule has 7 nitrogen and oxygen atoms in total. The first-order valence-corrected chi connectivity index (χ1v) is 8.76. The fraction of sp³-hybridized carbons (Fsp3) is 0.421. The van der Waals surface area contributed by atoms with Crippen LogP contribution in [-0.4, -0.2) is 35.9 Å². The number of methoxy groups -OCH3 is 1. The molecule has 26 heavy (non-hydrogen) atoms. The van der Waals surface area contributed by atoms with Crippen LogP contribution in [0.1, 0.15) is 18.4 Å². The molecule has 0 saturated carbocycles. The number of ether oxygens (including phenoxy) is 1. The van der Waals surface area contributed by atoms with Gasteiger partial charge < -0.3 is 15.0 Å². The number of nitrogens with zero attached hydrogens (tertiary/aromatic N) is 3. The zero-order valence-corrected chi connectivity index (χ0v) is 15.1. The van der Waals surface area contributed by atoms with E-state index in [-0.39, 0.29) is 17.4 Å². The van der Waals surface area contributed by atoms with E-state index in [4.69, 9.17) is 4.74 Å².